The van der Waals surface area contributed by atoms with Gasteiger partial charge in [0, 0.05) is 40.1 Å². The van der Waals surface area contributed by atoms with E-state index in [1.807, 2.05) is 25.2 Å². The second-order valence-electron chi connectivity index (χ2n) is 3.82. The molecule has 80 valence electrons. The van der Waals surface area contributed by atoms with E-state index in [1.54, 1.807) is 12.3 Å². The highest BCUT2D eigenvalue weighted by atomic mass is 79.9. The van der Waals surface area contributed by atoms with E-state index in [0.29, 0.717) is 0 Å². The van der Waals surface area contributed by atoms with Gasteiger partial charge in [-0.2, -0.15) is 0 Å². The summed E-state index contributed by atoms with van der Waals surface area (Å²) in [7, 11) is 2.00. The highest BCUT2D eigenvalue weighted by Crippen LogP contribution is 2.28. The van der Waals surface area contributed by atoms with Gasteiger partial charge in [0.15, 0.2) is 0 Å². The summed E-state index contributed by atoms with van der Waals surface area (Å²) in [5.41, 5.74) is 2.09. The summed E-state index contributed by atoms with van der Waals surface area (Å²) in [6.07, 6.45) is 1.76. The molecule has 2 aromatic heterocycles. The molecule has 3 rings (SSSR count). The summed E-state index contributed by atoms with van der Waals surface area (Å²) in [4.78, 5) is 14.0. The molecular formula is C12H9BrN2O. The van der Waals surface area contributed by atoms with Gasteiger partial charge in [-0.05, 0) is 18.2 Å². The number of fused-ring (bicyclic) bond motifs is 3. The highest BCUT2D eigenvalue weighted by Gasteiger charge is 2.08. The SMILES string of the molecule is Cn1c2ccc(Br)cc2c2cc(=O)[nH]cc21. The molecule has 0 amide bonds. The lowest BCUT2D eigenvalue weighted by Crippen LogP contribution is -2.01. The molecule has 0 aliphatic carbocycles. The van der Waals surface area contributed by atoms with Gasteiger partial charge in [0.25, 0.3) is 0 Å². The van der Waals surface area contributed by atoms with Crippen molar-refractivity contribution in [3.8, 4) is 0 Å². The van der Waals surface area contributed by atoms with Gasteiger partial charge in [0.05, 0.1) is 5.52 Å². The van der Waals surface area contributed by atoms with Crippen LogP contribution in [0.4, 0.5) is 0 Å². The van der Waals surface area contributed by atoms with Crippen molar-refractivity contribution < 1.29 is 0 Å². The number of aryl methyl sites for hydroxylation is 1. The Morgan fingerprint density at radius 3 is 2.75 bits per heavy atom. The molecule has 0 spiro atoms. The number of hydrogen-bond acceptors (Lipinski definition) is 1. The molecule has 0 fully saturated rings. The molecule has 3 aromatic rings. The Bertz CT molecular complexity index is 755. The fraction of sp³-hybridized carbons (Fsp3) is 0.0833. The van der Waals surface area contributed by atoms with Crippen molar-refractivity contribution >= 4 is 37.7 Å². The number of aromatic nitrogens is 2. The van der Waals surface area contributed by atoms with E-state index >= 15 is 0 Å². The smallest absolute Gasteiger partial charge is 0.248 e. The van der Waals surface area contributed by atoms with E-state index in [1.165, 1.54) is 0 Å². The van der Waals surface area contributed by atoms with Gasteiger partial charge in [-0.25, -0.2) is 0 Å². The van der Waals surface area contributed by atoms with Crippen LogP contribution in [-0.2, 0) is 7.05 Å². The van der Waals surface area contributed by atoms with Crippen LogP contribution in [0.25, 0.3) is 21.8 Å². The number of halogens is 1. The quantitative estimate of drug-likeness (QED) is 0.674. The standard InChI is InChI=1S/C12H9BrN2O/c1-15-10-3-2-7(13)4-8(10)9-5-12(16)14-6-11(9)15/h2-6H,1H3,(H,14,16). The molecule has 0 unspecified atom stereocenters. The number of aromatic amines is 1. The molecule has 0 bridgehead atoms. The average molecular weight is 277 g/mol. The molecule has 16 heavy (non-hydrogen) atoms. The third-order valence-corrected chi connectivity index (χ3v) is 3.37. The molecule has 4 heteroatoms. The minimum atomic E-state index is -0.0695. The fourth-order valence-electron chi connectivity index (χ4n) is 2.10. The minimum absolute atomic E-state index is 0.0695. The zero-order valence-electron chi connectivity index (χ0n) is 8.62. The van der Waals surface area contributed by atoms with Crippen molar-refractivity contribution in [3.05, 3.63) is 45.3 Å². The summed E-state index contributed by atoms with van der Waals surface area (Å²) in [5, 5.41) is 2.08. The molecule has 3 nitrogen and oxygen atoms in total. The van der Waals surface area contributed by atoms with Gasteiger partial charge in [-0.3, -0.25) is 4.79 Å². The van der Waals surface area contributed by atoms with E-state index in [2.05, 4.69) is 25.5 Å². The van der Waals surface area contributed by atoms with Crippen LogP contribution in [0.1, 0.15) is 0 Å². The monoisotopic (exact) mass is 276 g/mol. The third-order valence-electron chi connectivity index (χ3n) is 2.87. The van der Waals surface area contributed by atoms with Gasteiger partial charge in [0.2, 0.25) is 5.56 Å². The molecule has 0 aliphatic rings. The Morgan fingerprint density at radius 1 is 1.19 bits per heavy atom. The maximum Gasteiger partial charge on any atom is 0.248 e. The van der Waals surface area contributed by atoms with Gasteiger partial charge in [-0.1, -0.05) is 15.9 Å². The number of nitrogens with one attached hydrogen (secondary N) is 1. The van der Waals surface area contributed by atoms with E-state index < -0.39 is 0 Å². The van der Waals surface area contributed by atoms with Crippen LogP contribution < -0.4 is 5.56 Å². The zero-order valence-corrected chi connectivity index (χ0v) is 10.2. The first-order valence-electron chi connectivity index (χ1n) is 4.93. The number of nitrogens with zero attached hydrogens (tertiary/aromatic N) is 1. The number of benzene rings is 1. The Kier molecular flexibility index (Phi) is 1.94. The predicted octanol–water partition coefficient (Wildman–Crippen LogP) is 2.78. The van der Waals surface area contributed by atoms with Crippen LogP contribution in [0.2, 0.25) is 0 Å². The molecule has 1 N–H and O–H groups in total. The predicted molar refractivity (Wildman–Crippen MR) is 68.7 cm³/mol. The van der Waals surface area contributed by atoms with Crippen molar-refractivity contribution in [2.45, 2.75) is 0 Å². The van der Waals surface area contributed by atoms with Crippen molar-refractivity contribution in [2.24, 2.45) is 7.05 Å². The number of pyridine rings is 1. The molecule has 0 radical (unpaired) electrons. The summed E-state index contributed by atoms with van der Waals surface area (Å²) in [6, 6.07) is 7.73. The summed E-state index contributed by atoms with van der Waals surface area (Å²) in [6.45, 7) is 0. The lowest BCUT2D eigenvalue weighted by atomic mass is 10.2. The topological polar surface area (TPSA) is 37.8 Å². The largest absolute Gasteiger partial charge is 0.342 e. The normalized spacial score (nSPS) is 11.4. The van der Waals surface area contributed by atoms with Crippen molar-refractivity contribution in [3.63, 3.8) is 0 Å². The second kappa shape index (κ2) is 3.22. The average Bonchev–Trinajstić information content (AvgIpc) is 2.52. The lowest BCUT2D eigenvalue weighted by molar-refractivity contribution is 1.01. The second-order valence-corrected chi connectivity index (χ2v) is 4.73. The van der Waals surface area contributed by atoms with Crippen LogP contribution >= 0.6 is 15.9 Å². The molecule has 0 atom stereocenters. The van der Waals surface area contributed by atoms with Crippen molar-refractivity contribution in [1.29, 1.82) is 0 Å². The van der Waals surface area contributed by atoms with Crippen LogP contribution in [0, 0.1) is 0 Å². The highest BCUT2D eigenvalue weighted by molar-refractivity contribution is 9.10. The molecule has 1 aromatic carbocycles. The van der Waals surface area contributed by atoms with Gasteiger partial charge < -0.3 is 9.55 Å². The summed E-state index contributed by atoms with van der Waals surface area (Å²) < 4.78 is 3.10. The molecule has 2 heterocycles. The Labute approximate surface area is 99.8 Å². The van der Waals surface area contributed by atoms with Gasteiger partial charge in [-0.15, -0.1) is 0 Å². The number of rotatable bonds is 0. The molecule has 0 saturated heterocycles. The van der Waals surface area contributed by atoms with Gasteiger partial charge >= 0.3 is 0 Å². The van der Waals surface area contributed by atoms with Crippen LogP contribution in [-0.4, -0.2) is 9.55 Å². The van der Waals surface area contributed by atoms with Gasteiger partial charge in [0.1, 0.15) is 0 Å². The van der Waals surface area contributed by atoms with Crippen molar-refractivity contribution in [1.82, 2.24) is 9.55 Å². The lowest BCUT2D eigenvalue weighted by Gasteiger charge is -1.96. The summed E-state index contributed by atoms with van der Waals surface area (Å²) in [5.74, 6) is 0. The summed E-state index contributed by atoms with van der Waals surface area (Å²) >= 11 is 3.45. The first kappa shape index (κ1) is 9.66. The van der Waals surface area contributed by atoms with Crippen LogP contribution in [0.5, 0.6) is 0 Å². The van der Waals surface area contributed by atoms with E-state index in [0.717, 1.165) is 26.3 Å². The van der Waals surface area contributed by atoms with E-state index in [4.69, 9.17) is 0 Å². The number of hydrogen-bond donors (Lipinski definition) is 1. The van der Waals surface area contributed by atoms with E-state index in [-0.39, 0.29) is 5.56 Å². The maximum absolute atomic E-state index is 11.3. The Hall–Kier alpha value is -1.55. The van der Waals surface area contributed by atoms with E-state index in [9.17, 15) is 4.79 Å². The maximum atomic E-state index is 11.3. The first-order valence-corrected chi connectivity index (χ1v) is 5.72. The first-order chi connectivity index (χ1) is 7.66. The Morgan fingerprint density at radius 2 is 1.94 bits per heavy atom. The Balaban J connectivity index is 2.66. The number of H-pyrrole nitrogens is 1. The minimum Gasteiger partial charge on any atom is -0.342 e. The van der Waals surface area contributed by atoms with Crippen molar-refractivity contribution in [2.75, 3.05) is 0 Å². The zero-order chi connectivity index (χ0) is 11.3. The van der Waals surface area contributed by atoms with Crippen LogP contribution in [0.3, 0.4) is 0 Å². The molecule has 0 saturated carbocycles. The molecule has 0 aliphatic heterocycles. The fourth-order valence-corrected chi connectivity index (χ4v) is 2.46. The third kappa shape index (κ3) is 1.23. The molecular weight excluding hydrogens is 268 g/mol. The van der Waals surface area contributed by atoms with Crippen LogP contribution in [0.15, 0.2) is 39.7 Å².